The number of nitrogens with one attached hydrogen (secondary N) is 1. The average Bonchev–Trinajstić information content (AvgIpc) is 2.18. The molecule has 1 aliphatic carbocycles. The van der Waals surface area contributed by atoms with Crippen molar-refractivity contribution in [2.75, 3.05) is 11.1 Å². The van der Waals surface area contributed by atoms with Crippen molar-refractivity contribution in [1.29, 1.82) is 0 Å². The molecular weight excluding hydrogens is 206 g/mol. The first kappa shape index (κ1) is 10.7. The Bertz CT molecular complexity index is 427. The number of nitrogen functional groups attached to an aromatic ring is 1. The Morgan fingerprint density at radius 1 is 1.50 bits per heavy atom. The van der Waals surface area contributed by atoms with Gasteiger partial charge in [-0.15, -0.1) is 0 Å². The number of non-ortho nitro benzene ring substituents is 1. The highest BCUT2D eigenvalue weighted by atomic mass is 16.6. The lowest BCUT2D eigenvalue weighted by molar-refractivity contribution is -0.384. The number of hydrogen-bond acceptors (Lipinski definition) is 4. The molecule has 0 aliphatic heterocycles. The summed E-state index contributed by atoms with van der Waals surface area (Å²) in [5.74, 6) is 0. The Balaban J connectivity index is 2.19. The molecule has 0 heterocycles. The van der Waals surface area contributed by atoms with Crippen molar-refractivity contribution >= 4 is 17.1 Å². The molecule has 0 unspecified atom stereocenters. The second-order valence-electron chi connectivity index (χ2n) is 4.57. The van der Waals surface area contributed by atoms with Crippen molar-refractivity contribution in [2.24, 2.45) is 0 Å². The molecule has 5 heteroatoms. The highest BCUT2D eigenvalue weighted by Crippen LogP contribution is 2.36. The maximum Gasteiger partial charge on any atom is 0.271 e. The SMILES string of the molecule is CC1(Nc2ccc([N+](=O)[O-])cc2N)CCC1. The van der Waals surface area contributed by atoms with Gasteiger partial charge in [-0.3, -0.25) is 10.1 Å². The third-order valence-electron chi connectivity index (χ3n) is 3.14. The van der Waals surface area contributed by atoms with Gasteiger partial charge in [0.25, 0.3) is 5.69 Å². The quantitative estimate of drug-likeness (QED) is 0.467. The van der Waals surface area contributed by atoms with Crippen LogP contribution in [0.3, 0.4) is 0 Å². The predicted molar refractivity (Wildman–Crippen MR) is 63.4 cm³/mol. The van der Waals surface area contributed by atoms with E-state index in [0.717, 1.165) is 18.5 Å². The van der Waals surface area contributed by atoms with Crippen LogP contribution in [-0.4, -0.2) is 10.5 Å². The molecule has 1 aliphatic rings. The molecule has 1 aromatic carbocycles. The van der Waals surface area contributed by atoms with Gasteiger partial charge in [0.15, 0.2) is 0 Å². The van der Waals surface area contributed by atoms with E-state index in [1.165, 1.54) is 18.6 Å². The standard InChI is InChI=1S/C11H15N3O2/c1-11(5-2-6-11)13-10-4-3-8(14(15)16)7-9(10)12/h3-4,7,13H,2,5-6,12H2,1H3. The van der Waals surface area contributed by atoms with Crippen molar-refractivity contribution in [1.82, 2.24) is 0 Å². The molecule has 5 nitrogen and oxygen atoms in total. The fraction of sp³-hybridized carbons (Fsp3) is 0.455. The molecule has 86 valence electrons. The maximum absolute atomic E-state index is 10.5. The predicted octanol–water partition coefficient (Wildman–Crippen LogP) is 2.53. The van der Waals surface area contributed by atoms with Crippen molar-refractivity contribution < 1.29 is 4.92 Å². The van der Waals surface area contributed by atoms with Gasteiger partial charge in [-0.1, -0.05) is 0 Å². The number of nitrogens with two attached hydrogens (primary N) is 1. The number of anilines is 2. The zero-order chi connectivity index (χ0) is 11.8. The number of nitro groups is 1. The van der Waals surface area contributed by atoms with Crippen LogP contribution in [0.15, 0.2) is 18.2 Å². The summed E-state index contributed by atoms with van der Waals surface area (Å²) < 4.78 is 0. The van der Waals surface area contributed by atoms with Crippen molar-refractivity contribution in [2.45, 2.75) is 31.7 Å². The molecule has 0 aromatic heterocycles. The van der Waals surface area contributed by atoms with Gasteiger partial charge in [-0.2, -0.15) is 0 Å². The molecule has 16 heavy (non-hydrogen) atoms. The van der Waals surface area contributed by atoms with Crippen molar-refractivity contribution in [3.05, 3.63) is 28.3 Å². The highest BCUT2D eigenvalue weighted by Gasteiger charge is 2.31. The molecule has 1 aromatic rings. The number of rotatable bonds is 3. The number of nitrogens with zero attached hydrogens (tertiary/aromatic N) is 1. The monoisotopic (exact) mass is 221 g/mol. The van der Waals surface area contributed by atoms with E-state index in [9.17, 15) is 10.1 Å². The minimum Gasteiger partial charge on any atom is -0.397 e. The summed E-state index contributed by atoms with van der Waals surface area (Å²) >= 11 is 0. The van der Waals surface area contributed by atoms with E-state index in [2.05, 4.69) is 12.2 Å². The van der Waals surface area contributed by atoms with Crippen LogP contribution in [0.1, 0.15) is 26.2 Å². The molecule has 0 atom stereocenters. The van der Waals surface area contributed by atoms with Crippen LogP contribution in [0, 0.1) is 10.1 Å². The minimum absolute atomic E-state index is 0.0295. The van der Waals surface area contributed by atoms with E-state index in [4.69, 9.17) is 5.73 Å². The van der Waals surface area contributed by atoms with Gasteiger partial charge in [0.1, 0.15) is 0 Å². The molecule has 0 spiro atoms. The first-order valence-corrected chi connectivity index (χ1v) is 5.32. The third-order valence-corrected chi connectivity index (χ3v) is 3.14. The van der Waals surface area contributed by atoms with Gasteiger partial charge in [-0.25, -0.2) is 0 Å². The van der Waals surface area contributed by atoms with Crippen molar-refractivity contribution in [3.63, 3.8) is 0 Å². The van der Waals surface area contributed by atoms with Crippen LogP contribution in [0.25, 0.3) is 0 Å². The summed E-state index contributed by atoms with van der Waals surface area (Å²) in [7, 11) is 0. The van der Waals surface area contributed by atoms with Crippen molar-refractivity contribution in [3.8, 4) is 0 Å². The summed E-state index contributed by atoms with van der Waals surface area (Å²) in [6, 6.07) is 4.54. The number of benzene rings is 1. The van der Waals surface area contributed by atoms with Gasteiger partial charge < -0.3 is 11.1 Å². The third kappa shape index (κ3) is 1.93. The highest BCUT2D eigenvalue weighted by molar-refractivity contribution is 5.70. The Morgan fingerprint density at radius 2 is 2.19 bits per heavy atom. The van der Waals surface area contributed by atoms with Gasteiger partial charge >= 0.3 is 0 Å². The van der Waals surface area contributed by atoms with E-state index < -0.39 is 4.92 Å². The Morgan fingerprint density at radius 3 is 2.62 bits per heavy atom. The van der Waals surface area contributed by atoms with Crippen LogP contribution in [-0.2, 0) is 0 Å². The molecule has 0 radical (unpaired) electrons. The van der Waals surface area contributed by atoms with Gasteiger partial charge in [0.05, 0.1) is 16.3 Å². The fourth-order valence-electron chi connectivity index (χ4n) is 1.93. The lowest BCUT2D eigenvalue weighted by Gasteiger charge is -2.40. The zero-order valence-electron chi connectivity index (χ0n) is 9.19. The largest absolute Gasteiger partial charge is 0.397 e. The molecule has 0 saturated heterocycles. The summed E-state index contributed by atoms with van der Waals surface area (Å²) in [5, 5.41) is 13.9. The van der Waals surface area contributed by atoms with E-state index in [0.29, 0.717) is 5.69 Å². The summed E-state index contributed by atoms with van der Waals surface area (Å²) in [6.07, 6.45) is 3.45. The molecule has 1 fully saturated rings. The molecular formula is C11H15N3O2. The zero-order valence-corrected chi connectivity index (χ0v) is 9.19. The van der Waals surface area contributed by atoms with Crippen LogP contribution in [0.4, 0.5) is 17.1 Å². The maximum atomic E-state index is 10.5. The average molecular weight is 221 g/mol. The van der Waals surface area contributed by atoms with Crippen LogP contribution in [0.2, 0.25) is 0 Å². The van der Waals surface area contributed by atoms with Gasteiger partial charge in [0, 0.05) is 17.7 Å². The number of hydrogen-bond donors (Lipinski definition) is 2. The Hall–Kier alpha value is -1.78. The summed E-state index contributed by atoms with van der Waals surface area (Å²) in [4.78, 5) is 10.1. The second-order valence-corrected chi connectivity index (χ2v) is 4.57. The Labute approximate surface area is 93.8 Å². The summed E-state index contributed by atoms with van der Waals surface area (Å²) in [5.41, 5.74) is 7.13. The van der Waals surface area contributed by atoms with E-state index in [-0.39, 0.29) is 11.2 Å². The lowest BCUT2D eigenvalue weighted by atomic mass is 9.78. The van der Waals surface area contributed by atoms with Crippen LogP contribution in [0.5, 0.6) is 0 Å². The Kier molecular flexibility index (Phi) is 2.46. The minimum atomic E-state index is -0.439. The van der Waals surface area contributed by atoms with Gasteiger partial charge in [-0.05, 0) is 32.3 Å². The summed E-state index contributed by atoms with van der Waals surface area (Å²) in [6.45, 7) is 2.14. The second kappa shape index (κ2) is 3.66. The van der Waals surface area contributed by atoms with E-state index >= 15 is 0 Å². The molecule has 2 rings (SSSR count). The molecule has 3 N–H and O–H groups in total. The van der Waals surface area contributed by atoms with E-state index in [1.54, 1.807) is 6.07 Å². The van der Waals surface area contributed by atoms with Crippen LogP contribution < -0.4 is 11.1 Å². The fourth-order valence-corrected chi connectivity index (χ4v) is 1.93. The first-order chi connectivity index (χ1) is 7.50. The number of nitro benzene ring substituents is 1. The smallest absolute Gasteiger partial charge is 0.271 e. The molecule has 0 amide bonds. The first-order valence-electron chi connectivity index (χ1n) is 5.32. The normalized spacial score (nSPS) is 17.6. The van der Waals surface area contributed by atoms with E-state index in [1.807, 2.05) is 0 Å². The molecule has 1 saturated carbocycles. The molecule has 0 bridgehead atoms. The topological polar surface area (TPSA) is 81.2 Å². The lowest BCUT2D eigenvalue weighted by Crippen LogP contribution is -2.41. The van der Waals surface area contributed by atoms with Crippen LogP contribution >= 0.6 is 0 Å². The van der Waals surface area contributed by atoms with Gasteiger partial charge in [0.2, 0.25) is 0 Å².